The summed E-state index contributed by atoms with van der Waals surface area (Å²) in [5.41, 5.74) is 12.3. The Bertz CT molecular complexity index is 2490. The van der Waals surface area contributed by atoms with Crippen LogP contribution in [-0.4, -0.2) is 14.5 Å². The van der Waals surface area contributed by atoms with Gasteiger partial charge in [-0.2, -0.15) is 0 Å². The van der Waals surface area contributed by atoms with E-state index in [0.29, 0.717) is 5.89 Å². The van der Waals surface area contributed by atoms with Crippen molar-refractivity contribution in [3.8, 4) is 50.8 Å². The third kappa shape index (κ3) is 4.47. The first-order valence-electron chi connectivity index (χ1n) is 15.4. The molecule has 4 nitrogen and oxygen atoms in total. The summed E-state index contributed by atoms with van der Waals surface area (Å²) in [6.45, 7) is 0. The standard InChI is InChI=1S/C42H27N3O/c1-2-10-28(11-3-1)29-20-22-30(23-21-29)36-16-9-17-37(43-36)31-12-8-13-33(26-31)45-39-18-6-4-14-34(39)35-25-24-32(27-40(35)45)42-44-38-15-5-7-19-41(38)46-42/h1-27H. The number of benzene rings is 6. The number of pyridine rings is 1. The number of hydrogen-bond donors (Lipinski definition) is 0. The minimum atomic E-state index is 0.617. The summed E-state index contributed by atoms with van der Waals surface area (Å²) in [6, 6.07) is 56.8. The van der Waals surface area contributed by atoms with Crippen LogP contribution in [0.5, 0.6) is 0 Å². The molecule has 0 N–H and O–H groups in total. The van der Waals surface area contributed by atoms with Gasteiger partial charge in [-0.3, -0.25) is 0 Å². The topological polar surface area (TPSA) is 43.9 Å². The van der Waals surface area contributed by atoms with Crippen molar-refractivity contribution in [1.82, 2.24) is 14.5 Å². The first-order valence-corrected chi connectivity index (χ1v) is 15.4. The molecule has 0 atom stereocenters. The second kappa shape index (κ2) is 10.7. The van der Waals surface area contributed by atoms with Crippen molar-refractivity contribution in [3.63, 3.8) is 0 Å². The van der Waals surface area contributed by atoms with E-state index in [1.807, 2.05) is 30.3 Å². The van der Waals surface area contributed by atoms with Crippen LogP contribution in [0.4, 0.5) is 0 Å². The summed E-state index contributed by atoms with van der Waals surface area (Å²) in [7, 11) is 0. The number of rotatable bonds is 5. The molecule has 0 unspecified atom stereocenters. The fraction of sp³-hybridized carbons (Fsp3) is 0. The van der Waals surface area contributed by atoms with Crippen molar-refractivity contribution in [1.29, 1.82) is 0 Å². The lowest BCUT2D eigenvalue weighted by Crippen LogP contribution is -1.95. The zero-order chi connectivity index (χ0) is 30.5. The van der Waals surface area contributed by atoms with E-state index in [9.17, 15) is 0 Å². The highest BCUT2D eigenvalue weighted by atomic mass is 16.3. The lowest BCUT2D eigenvalue weighted by Gasteiger charge is -2.11. The molecule has 3 aromatic heterocycles. The molecule has 0 radical (unpaired) electrons. The Balaban J connectivity index is 1.13. The first kappa shape index (κ1) is 26.2. The van der Waals surface area contributed by atoms with Crippen molar-refractivity contribution in [2.45, 2.75) is 0 Å². The molecule has 9 aromatic rings. The van der Waals surface area contributed by atoms with E-state index < -0.39 is 0 Å². The van der Waals surface area contributed by atoms with Crippen LogP contribution < -0.4 is 0 Å². The Morgan fingerprint density at radius 3 is 1.93 bits per heavy atom. The zero-order valence-electron chi connectivity index (χ0n) is 24.8. The minimum absolute atomic E-state index is 0.617. The molecule has 0 saturated carbocycles. The third-order valence-electron chi connectivity index (χ3n) is 8.65. The summed E-state index contributed by atoms with van der Waals surface area (Å²) >= 11 is 0. The third-order valence-corrected chi connectivity index (χ3v) is 8.65. The van der Waals surface area contributed by atoms with Gasteiger partial charge < -0.3 is 8.98 Å². The van der Waals surface area contributed by atoms with Crippen LogP contribution in [0, 0.1) is 0 Å². The Kier molecular flexibility index (Phi) is 6.10. The minimum Gasteiger partial charge on any atom is -0.436 e. The van der Waals surface area contributed by atoms with Crippen LogP contribution in [0.3, 0.4) is 0 Å². The van der Waals surface area contributed by atoms with E-state index in [0.717, 1.165) is 55.9 Å². The molecule has 0 fully saturated rings. The fourth-order valence-corrected chi connectivity index (χ4v) is 6.40. The number of hydrogen-bond acceptors (Lipinski definition) is 3. The van der Waals surface area contributed by atoms with Crippen LogP contribution in [-0.2, 0) is 0 Å². The maximum absolute atomic E-state index is 6.15. The van der Waals surface area contributed by atoms with Gasteiger partial charge in [-0.1, -0.05) is 109 Å². The average molecular weight is 590 g/mol. The van der Waals surface area contributed by atoms with Crippen molar-refractivity contribution in [3.05, 3.63) is 164 Å². The van der Waals surface area contributed by atoms with Crippen LogP contribution in [0.25, 0.3) is 83.7 Å². The van der Waals surface area contributed by atoms with Gasteiger partial charge in [-0.25, -0.2) is 9.97 Å². The van der Waals surface area contributed by atoms with E-state index in [1.165, 1.54) is 21.9 Å². The largest absolute Gasteiger partial charge is 0.436 e. The SMILES string of the molecule is c1ccc(-c2ccc(-c3cccc(-c4cccc(-n5c6ccccc6c6ccc(-c7nc8ccccc8o7)cc65)c4)n3)cc2)cc1. The second-order valence-electron chi connectivity index (χ2n) is 11.5. The van der Waals surface area contributed by atoms with Crippen molar-refractivity contribution in [2.24, 2.45) is 0 Å². The molecule has 46 heavy (non-hydrogen) atoms. The average Bonchev–Trinajstić information content (AvgIpc) is 3.72. The molecule has 0 saturated heterocycles. The predicted molar refractivity (Wildman–Crippen MR) is 188 cm³/mol. The fourth-order valence-electron chi connectivity index (χ4n) is 6.40. The highest BCUT2D eigenvalue weighted by molar-refractivity contribution is 6.10. The van der Waals surface area contributed by atoms with Gasteiger partial charge in [-0.05, 0) is 65.7 Å². The van der Waals surface area contributed by atoms with Gasteiger partial charge >= 0.3 is 0 Å². The lowest BCUT2D eigenvalue weighted by atomic mass is 10.0. The van der Waals surface area contributed by atoms with E-state index in [1.54, 1.807) is 0 Å². The summed E-state index contributed by atoms with van der Waals surface area (Å²) < 4.78 is 8.47. The molecule has 0 aliphatic carbocycles. The van der Waals surface area contributed by atoms with Crippen LogP contribution >= 0.6 is 0 Å². The van der Waals surface area contributed by atoms with Gasteiger partial charge in [-0.15, -0.1) is 0 Å². The maximum Gasteiger partial charge on any atom is 0.227 e. The van der Waals surface area contributed by atoms with Crippen LogP contribution in [0.1, 0.15) is 0 Å². The monoisotopic (exact) mass is 589 g/mol. The molecule has 0 aliphatic rings. The van der Waals surface area contributed by atoms with E-state index >= 15 is 0 Å². The highest BCUT2D eigenvalue weighted by Crippen LogP contribution is 2.36. The Morgan fingerprint density at radius 2 is 1.07 bits per heavy atom. The first-order chi connectivity index (χ1) is 22.8. The summed E-state index contributed by atoms with van der Waals surface area (Å²) in [5, 5.41) is 2.38. The normalized spacial score (nSPS) is 11.5. The van der Waals surface area contributed by atoms with Crippen molar-refractivity contribution < 1.29 is 4.42 Å². The smallest absolute Gasteiger partial charge is 0.227 e. The molecule has 0 amide bonds. The zero-order valence-corrected chi connectivity index (χ0v) is 24.8. The van der Waals surface area contributed by atoms with E-state index in [4.69, 9.17) is 14.4 Å². The number of para-hydroxylation sites is 3. The molecule has 0 aliphatic heterocycles. The van der Waals surface area contributed by atoms with Gasteiger partial charge in [0.05, 0.1) is 22.4 Å². The molecule has 3 heterocycles. The maximum atomic E-state index is 6.15. The number of fused-ring (bicyclic) bond motifs is 4. The Labute approximate surface area is 265 Å². The number of aromatic nitrogens is 3. The molecule has 216 valence electrons. The van der Waals surface area contributed by atoms with Crippen LogP contribution in [0.2, 0.25) is 0 Å². The van der Waals surface area contributed by atoms with Gasteiger partial charge in [0.25, 0.3) is 0 Å². The van der Waals surface area contributed by atoms with Crippen molar-refractivity contribution in [2.75, 3.05) is 0 Å². The van der Waals surface area contributed by atoms with Gasteiger partial charge in [0, 0.05) is 33.2 Å². The predicted octanol–water partition coefficient (Wildman–Crippen LogP) is 11.0. The summed E-state index contributed by atoms with van der Waals surface area (Å²) in [4.78, 5) is 9.88. The lowest BCUT2D eigenvalue weighted by molar-refractivity contribution is 0.620. The van der Waals surface area contributed by atoms with Crippen LogP contribution in [0.15, 0.2) is 168 Å². The molecular weight excluding hydrogens is 562 g/mol. The van der Waals surface area contributed by atoms with Gasteiger partial charge in [0.2, 0.25) is 5.89 Å². The van der Waals surface area contributed by atoms with E-state index in [2.05, 4.69) is 138 Å². The van der Waals surface area contributed by atoms with Gasteiger partial charge in [0.1, 0.15) is 5.52 Å². The summed E-state index contributed by atoms with van der Waals surface area (Å²) in [6.07, 6.45) is 0. The van der Waals surface area contributed by atoms with Crippen molar-refractivity contribution >= 4 is 32.9 Å². The summed E-state index contributed by atoms with van der Waals surface area (Å²) in [5.74, 6) is 0.617. The number of nitrogens with zero attached hydrogens (tertiary/aromatic N) is 3. The molecule has 9 rings (SSSR count). The molecule has 0 spiro atoms. The molecule has 0 bridgehead atoms. The highest BCUT2D eigenvalue weighted by Gasteiger charge is 2.16. The number of oxazole rings is 1. The van der Waals surface area contributed by atoms with Gasteiger partial charge in [0.15, 0.2) is 5.58 Å². The second-order valence-corrected chi connectivity index (χ2v) is 11.5. The Morgan fingerprint density at radius 1 is 0.413 bits per heavy atom. The quantitative estimate of drug-likeness (QED) is 0.201. The molecule has 6 aromatic carbocycles. The Hall–Kier alpha value is -6.26. The molecule has 4 heteroatoms. The van der Waals surface area contributed by atoms with E-state index in [-0.39, 0.29) is 0 Å². The molecular formula is C42H27N3O.